The van der Waals surface area contributed by atoms with Crippen LogP contribution in [0.2, 0.25) is 0 Å². The van der Waals surface area contributed by atoms with Gasteiger partial charge in [0.15, 0.2) is 0 Å². The fourth-order valence-electron chi connectivity index (χ4n) is 2.15. The third-order valence-corrected chi connectivity index (χ3v) is 4.79. The number of nitrogens with two attached hydrogens (primary N) is 1. The molecule has 2 N–H and O–H groups in total. The maximum atomic E-state index is 6.26. The number of hydrogen-bond donors (Lipinski definition) is 1. The van der Waals surface area contributed by atoms with Gasteiger partial charge in [0.05, 0.1) is 0 Å². The van der Waals surface area contributed by atoms with E-state index in [1.54, 1.807) is 0 Å². The third-order valence-electron chi connectivity index (χ3n) is 3.54. The molecule has 0 radical (unpaired) electrons. The van der Waals surface area contributed by atoms with E-state index in [1.807, 2.05) is 11.8 Å². The number of benzene rings is 1. The summed E-state index contributed by atoms with van der Waals surface area (Å²) in [6.45, 7) is 3.31. The molecule has 0 saturated heterocycles. The monoisotopic (exact) mass is 344 g/mol. The fourth-order valence-corrected chi connectivity index (χ4v) is 3.29. The van der Waals surface area contributed by atoms with Crippen molar-refractivity contribution in [3.8, 4) is 0 Å². The summed E-state index contributed by atoms with van der Waals surface area (Å²) >= 11 is 5.37. The van der Waals surface area contributed by atoms with E-state index in [0.29, 0.717) is 6.04 Å². The van der Waals surface area contributed by atoms with Crippen LogP contribution in [0.4, 0.5) is 0 Å². The summed E-state index contributed by atoms with van der Waals surface area (Å²) in [6.07, 6.45) is 4.37. The molecule has 1 rings (SSSR count). The van der Waals surface area contributed by atoms with Gasteiger partial charge >= 0.3 is 0 Å². The van der Waals surface area contributed by atoms with Gasteiger partial charge in [0.2, 0.25) is 0 Å². The van der Waals surface area contributed by atoms with E-state index in [1.165, 1.54) is 17.7 Å². The molecule has 19 heavy (non-hydrogen) atoms. The van der Waals surface area contributed by atoms with Crippen LogP contribution < -0.4 is 5.73 Å². The lowest BCUT2D eigenvalue weighted by atomic mass is 10.0. The molecule has 0 aliphatic heterocycles. The van der Waals surface area contributed by atoms with E-state index < -0.39 is 0 Å². The van der Waals surface area contributed by atoms with Crippen molar-refractivity contribution in [1.82, 2.24) is 4.90 Å². The maximum absolute atomic E-state index is 6.26. The van der Waals surface area contributed by atoms with Gasteiger partial charge in [-0.2, -0.15) is 11.8 Å². The molecular weight excluding hydrogens is 320 g/mol. The minimum Gasteiger partial charge on any atom is -0.324 e. The first-order valence-electron chi connectivity index (χ1n) is 6.78. The van der Waals surface area contributed by atoms with Crippen LogP contribution in [0, 0.1) is 0 Å². The molecule has 2 atom stereocenters. The van der Waals surface area contributed by atoms with Crippen LogP contribution in [0.5, 0.6) is 0 Å². The van der Waals surface area contributed by atoms with Gasteiger partial charge in [-0.1, -0.05) is 35.0 Å². The van der Waals surface area contributed by atoms with Gasteiger partial charge in [-0.25, -0.2) is 0 Å². The van der Waals surface area contributed by atoms with E-state index in [0.717, 1.165) is 17.4 Å². The first-order valence-corrected chi connectivity index (χ1v) is 8.97. The number of halogens is 1. The Labute approximate surface area is 130 Å². The molecule has 2 unspecified atom stereocenters. The molecule has 0 spiro atoms. The summed E-state index contributed by atoms with van der Waals surface area (Å²) in [5.41, 5.74) is 7.48. The molecule has 0 heterocycles. The highest BCUT2D eigenvalue weighted by Crippen LogP contribution is 2.18. The predicted molar refractivity (Wildman–Crippen MR) is 90.8 cm³/mol. The van der Waals surface area contributed by atoms with Crippen LogP contribution in [0.1, 0.15) is 31.4 Å². The molecule has 1 aromatic carbocycles. The molecule has 4 heteroatoms. The molecule has 1 aromatic rings. The van der Waals surface area contributed by atoms with Crippen molar-refractivity contribution in [2.24, 2.45) is 5.73 Å². The largest absolute Gasteiger partial charge is 0.324 e. The van der Waals surface area contributed by atoms with Gasteiger partial charge in [-0.3, -0.25) is 0 Å². The molecule has 108 valence electrons. The normalized spacial score (nSPS) is 14.6. The van der Waals surface area contributed by atoms with Gasteiger partial charge in [-0.15, -0.1) is 0 Å². The number of nitrogens with zero attached hydrogens (tertiary/aromatic N) is 1. The van der Waals surface area contributed by atoms with E-state index in [9.17, 15) is 0 Å². The second-order valence-corrected chi connectivity index (χ2v) is 6.77. The number of rotatable bonds is 8. The van der Waals surface area contributed by atoms with E-state index >= 15 is 0 Å². The summed E-state index contributed by atoms with van der Waals surface area (Å²) in [5, 5.41) is 0. The highest BCUT2D eigenvalue weighted by Gasteiger charge is 2.13. The number of hydrogen-bond acceptors (Lipinski definition) is 3. The van der Waals surface area contributed by atoms with Crippen molar-refractivity contribution in [2.75, 3.05) is 25.6 Å². The Morgan fingerprint density at radius 3 is 2.47 bits per heavy atom. The Morgan fingerprint density at radius 1 is 1.32 bits per heavy atom. The van der Waals surface area contributed by atoms with Crippen molar-refractivity contribution in [3.05, 3.63) is 34.3 Å². The lowest BCUT2D eigenvalue weighted by Crippen LogP contribution is -2.35. The molecule has 0 amide bonds. The van der Waals surface area contributed by atoms with Crippen LogP contribution in [-0.4, -0.2) is 36.5 Å². The smallest absolute Gasteiger partial charge is 0.0307 e. The zero-order valence-corrected chi connectivity index (χ0v) is 14.5. The van der Waals surface area contributed by atoms with E-state index in [-0.39, 0.29) is 6.04 Å². The summed E-state index contributed by atoms with van der Waals surface area (Å²) in [4.78, 5) is 2.44. The van der Waals surface area contributed by atoms with Crippen molar-refractivity contribution < 1.29 is 0 Å². The number of thioether (sulfide) groups is 1. The zero-order chi connectivity index (χ0) is 14.3. The second kappa shape index (κ2) is 9.01. The Hall–Kier alpha value is -0.0300. The second-order valence-electron chi connectivity index (χ2n) is 4.94. The molecule has 0 fully saturated rings. The van der Waals surface area contributed by atoms with Gasteiger partial charge in [0, 0.05) is 22.3 Å². The topological polar surface area (TPSA) is 29.3 Å². The SMILES string of the molecule is CCC(CSC)N(C)CCC(N)c1ccc(Br)cc1. The Balaban J connectivity index is 2.44. The fraction of sp³-hybridized carbons (Fsp3) is 0.600. The average Bonchev–Trinajstić information content (AvgIpc) is 2.42. The maximum Gasteiger partial charge on any atom is 0.0307 e. The lowest BCUT2D eigenvalue weighted by molar-refractivity contribution is 0.247. The molecule has 0 aromatic heterocycles. The first kappa shape index (κ1) is 17.0. The molecule has 0 aliphatic carbocycles. The van der Waals surface area contributed by atoms with Crippen molar-refractivity contribution >= 4 is 27.7 Å². The predicted octanol–water partition coefficient (Wildman–Crippen LogP) is 3.91. The highest BCUT2D eigenvalue weighted by molar-refractivity contribution is 9.10. The summed E-state index contributed by atoms with van der Waals surface area (Å²) in [6, 6.07) is 9.11. The van der Waals surface area contributed by atoms with Gasteiger partial charge < -0.3 is 10.6 Å². The van der Waals surface area contributed by atoms with E-state index in [4.69, 9.17) is 5.73 Å². The van der Waals surface area contributed by atoms with Gasteiger partial charge in [0.1, 0.15) is 0 Å². The molecule has 0 saturated carbocycles. The van der Waals surface area contributed by atoms with Crippen LogP contribution >= 0.6 is 27.7 Å². The Morgan fingerprint density at radius 2 is 1.95 bits per heavy atom. The minimum atomic E-state index is 0.127. The summed E-state index contributed by atoms with van der Waals surface area (Å²) < 4.78 is 1.10. The summed E-state index contributed by atoms with van der Waals surface area (Å²) in [7, 11) is 2.21. The average molecular weight is 345 g/mol. The van der Waals surface area contributed by atoms with Crippen LogP contribution in [0.3, 0.4) is 0 Å². The molecule has 0 bridgehead atoms. The zero-order valence-electron chi connectivity index (χ0n) is 12.1. The quantitative estimate of drug-likeness (QED) is 0.775. The molecule has 2 nitrogen and oxygen atoms in total. The Kier molecular flexibility index (Phi) is 8.07. The highest BCUT2D eigenvalue weighted by atomic mass is 79.9. The van der Waals surface area contributed by atoms with Crippen molar-refractivity contribution in [3.63, 3.8) is 0 Å². The Bertz CT molecular complexity index is 356. The van der Waals surface area contributed by atoms with Gasteiger partial charge in [-0.05, 0) is 50.4 Å². The minimum absolute atomic E-state index is 0.127. The van der Waals surface area contributed by atoms with E-state index in [2.05, 4.69) is 65.3 Å². The molecular formula is C15H25BrN2S. The standard InChI is InChI=1S/C15H25BrN2S/c1-4-14(11-19-3)18(2)10-9-15(17)12-5-7-13(16)8-6-12/h5-8,14-15H,4,9-11,17H2,1-3H3. The first-order chi connectivity index (χ1) is 9.08. The van der Waals surface area contributed by atoms with Crippen molar-refractivity contribution in [2.45, 2.75) is 31.8 Å². The lowest BCUT2D eigenvalue weighted by Gasteiger charge is -2.27. The van der Waals surface area contributed by atoms with Crippen LogP contribution in [0.25, 0.3) is 0 Å². The third kappa shape index (κ3) is 5.86. The van der Waals surface area contributed by atoms with Crippen molar-refractivity contribution in [1.29, 1.82) is 0 Å². The van der Waals surface area contributed by atoms with Gasteiger partial charge in [0.25, 0.3) is 0 Å². The van der Waals surface area contributed by atoms with Crippen LogP contribution in [0.15, 0.2) is 28.7 Å². The summed E-state index contributed by atoms with van der Waals surface area (Å²) in [5.74, 6) is 1.19. The molecule has 0 aliphatic rings. The van der Waals surface area contributed by atoms with Crippen LogP contribution in [-0.2, 0) is 0 Å².